The van der Waals surface area contributed by atoms with Crippen molar-refractivity contribution in [3.8, 4) is 11.4 Å². The first kappa shape index (κ1) is 16.7. The Morgan fingerprint density at radius 2 is 1.83 bits per heavy atom. The summed E-state index contributed by atoms with van der Waals surface area (Å²) in [5.41, 5.74) is 1.14. The van der Waals surface area contributed by atoms with Crippen LogP contribution in [-0.4, -0.2) is 25.9 Å². The first-order valence-corrected chi connectivity index (χ1v) is 7.54. The highest BCUT2D eigenvalue weighted by Crippen LogP contribution is 2.24. The summed E-state index contributed by atoms with van der Waals surface area (Å²) in [5, 5.41) is 18.0. The van der Waals surface area contributed by atoms with Crippen molar-refractivity contribution in [1.29, 1.82) is 0 Å². The molecule has 6 heteroatoms. The van der Waals surface area contributed by atoms with E-state index in [1.807, 2.05) is 19.9 Å². The fraction of sp³-hybridized carbons (Fsp3) is 0.118. The molecule has 3 rings (SSSR count). The largest absolute Gasteiger partial charge is 0.506 e. The summed E-state index contributed by atoms with van der Waals surface area (Å²) in [6.45, 7) is 4.00. The van der Waals surface area contributed by atoms with Crippen LogP contribution in [0.2, 0.25) is 5.02 Å². The Morgan fingerprint density at radius 1 is 1.13 bits per heavy atom. The summed E-state index contributed by atoms with van der Waals surface area (Å²) in [4.78, 5) is 12.2. The minimum absolute atomic E-state index is 0.0360. The molecule has 23 heavy (non-hydrogen) atoms. The maximum atomic E-state index is 12.2. The van der Waals surface area contributed by atoms with Crippen molar-refractivity contribution in [2.75, 3.05) is 0 Å². The van der Waals surface area contributed by atoms with Crippen molar-refractivity contribution < 1.29 is 9.90 Å². The van der Waals surface area contributed by atoms with Crippen LogP contribution in [-0.2, 0) is 0 Å². The van der Waals surface area contributed by atoms with Gasteiger partial charge in [-0.3, -0.25) is 4.79 Å². The van der Waals surface area contributed by atoms with Gasteiger partial charge < -0.3 is 5.11 Å². The average molecular weight is 330 g/mol. The number of rotatable bonds is 3. The standard InChI is InChI=1S/C15H10ClN3O2.C2H6/c16-11-6-7-13(14(20)8-11)19-9-12(17-18-19)15(21)10-4-2-1-3-5-10;1-2/h1-9,20H;1-2H3. The van der Waals surface area contributed by atoms with E-state index < -0.39 is 0 Å². The Kier molecular flexibility index (Phi) is 5.49. The number of halogens is 1. The van der Waals surface area contributed by atoms with E-state index >= 15 is 0 Å². The molecule has 3 aromatic rings. The lowest BCUT2D eigenvalue weighted by atomic mass is 10.1. The molecule has 0 aliphatic rings. The molecule has 5 nitrogen and oxygen atoms in total. The van der Waals surface area contributed by atoms with Crippen LogP contribution in [0, 0.1) is 0 Å². The van der Waals surface area contributed by atoms with E-state index in [1.165, 1.54) is 16.9 Å². The third kappa shape index (κ3) is 3.76. The summed E-state index contributed by atoms with van der Waals surface area (Å²) in [6, 6.07) is 13.4. The number of hydrogen-bond acceptors (Lipinski definition) is 4. The second kappa shape index (κ2) is 7.56. The van der Waals surface area contributed by atoms with Crippen LogP contribution >= 0.6 is 11.6 Å². The lowest BCUT2D eigenvalue weighted by Gasteiger charge is -2.03. The number of nitrogens with zero attached hydrogens (tertiary/aromatic N) is 3. The maximum absolute atomic E-state index is 12.2. The Morgan fingerprint density at radius 3 is 2.48 bits per heavy atom. The second-order valence-electron chi connectivity index (χ2n) is 4.38. The van der Waals surface area contributed by atoms with Crippen molar-refractivity contribution in [2.24, 2.45) is 0 Å². The number of hydrogen-bond donors (Lipinski definition) is 1. The summed E-state index contributed by atoms with van der Waals surface area (Å²) in [7, 11) is 0. The van der Waals surface area contributed by atoms with Gasteiger partial charge in [0.15, 0.2) is 5.69 Å². The summed E-state index contributed by atoms with van der Waals surface area (Å²) < 4.78 is 1.34. The Labute approximate surface area is 139 Å². The van der Waals surface area contributed by atoms with E-state index in [-0.39, 0.29) is 17.2 Å². The van der Waals surface area contributed by atoms with Crippen molar-refractivity contribution in [3.63, 3.8) is 0 Å². The molecule has 0 unspecified atom stereocenters. The van der Waals surface area contributed by atoms with E-state index in [1.54, 1.807) is 36.4 Å². The van der Waals surface area contributed by atoms with E-state index in [0.29, 0.717) is 16.3 Å². The van der Waals surface area contributed by atoms with Gasteiger partial charge in [-0.25, -0.2) is 4.68 Å². The van der Waals surface area contributed by atoms with Gasteiger partial charge in [-0.1, -0.05) is 61.0 Å². The van der Waals surface area contributed by atoms with Crippen LogP contribution < -0.4 is 0 Å². The molecule has 0 spiro atoms. The average Bonchev–Trinajstić information content (AvgIpc) is 3.06. The SMILES string of the molecule is CC.O=C(c1ccccc1)c1cn(-c2ccc(Cl)cc2O)nn1. The Bertz CT molecular complexity index is 801. The smallest absolute Gasteiger partial charge is 0.214 e. The van der Waals surface area contributed by atoms with Crippen LogP contribution in [0.25, 0.3) is 5.69 Å². The number of phenolic OH excluding ortho intramolecular Hbond substituents is 1. The minimum Gasteiger partial charge on any atom is -0.506 e. The molecule has 0 bridgehead atoms. The van der Waals surface area contributed by atoms with E-state index in [4.69, 9.17) is 11.6 Å². The molecule has 0 aliphatic heterocycles. The highest BCUT2D eigenvalue weighted by molar-refractivity contribution is 6.30. The summed E-state index contributed by atoms with van der Waals surface area (Å²) in [5.74, 6) is -0.263. The molecule has 1 heterocycles. The molecular weight excluding hydrogens is 314 g/mol. The Balaban J connectivity index is 0.000000924. The molecule has 0 saturated carbocycles. The third-order valence-electron chi connectivity index (χ3n) is 2.95. The van der Waals surface area contributed by atoms with Gasteiger partial charge in [-0.05, 0) is 12.1 Å². The quantitative estimate of drug-likeness (QED) is 0.740. The molecule has 0 atom stereocenters. The predicted molar refractivity (Wildman–Crippen MR) is 89.3 cm³/mol. The van der Waals surface area contributed by atoms with Crippen molar-refractivity contribution in [2.45, 2.75) is 13.8 Å². The maximum Gasteiger partial charge on any atom is 0.214 e. The van der Waals surface area contributed by atoms with E-state index in [2.05, 4.69) is 10.3 Å². The third-order valence-corrected chi connectivity index (χ3v) is 3.18. The van der Waals surface area contributed by atoms with E-state index in [0.717, 1.165) is 0 Å². The normalized spacial score (nSPS) is 9.87. The first-order valence-electron chi connectivity index (χ1n) is 7.16. The van der Waals surface area contributed by atoms with Crippen molar-refractivity contribution >= 4 is 17.4 Å². The number of carbonyl (C=O) groups is 1. The molecule has 0 amide bonds. The van der Waals surface area contributed by atoms with Gasteiger partial charge in [-0.15, -0.1) is 5.10 Å². The van der Waals surface area contributed by atoms with Gasteiger partial charge in [-0.2, -0.15) is 0 Å². The van der Waals surface area contributed by atoms with Crippen LogP contribution in [0.4, 0.5) is 0 Å². The number of benzene rings is 2. The number of carbonyl (C=O) groups excluding carboxylic acids is 1. The molecular formula is C17H16ClN3O2. The zero-order chi connectivity index (χ0) is 16.8. The predicted octanol–water partition coefficient (Wildman–Crippen LogP) is 3.88. The topological polar surface area (TPSA) is 68.0 Å². The summed E-state index contributed by atoms with van der Waals surface area (Å²) in [6.07, 6.45) is 1.47. The minimum atomic E-state index is -0.227. The monoisotopic (exact) mass is 329 g/mol. The molecule has 118 valence electrons. The molecule has 2 aromatic carbocycles. The van der Waals surface area contributed by atoms with Crippen molar-refractivity contribution in [1.82, 2.24) is 15.0 Å². The van der Waals surface area contributed by atoms with Gasteiger partial charge in [0.25, 0.3) is 0 Å². The molecule has 0 fully saturated rings. The Hall–Kier alpha value is -2.66. The van der Waals surface area contributed by atoms with Gasteiger partial charge in [0.1, 0.15) is 11.4 Å². The van der Waals surface area contributed by atoms with Crippen LogP contribution in [0.1, 0.15) is 29.9 Å². The fourth-order valence-corrected chi connectivity index (χ4v) is 2.08. The lowest BCUT2D eigenvalue weighted by molar-refractivity contribution is 0.103. The van der Waals surface area contributed by atoms with Gasteiger partial charge in [0, 0.05) is 16.7 Å². The fourth-order valence-electron chi connectivity index (χ4n) is 1.91. The summed E-state index contributed by atoms with van der Waals surface area (Å²) >= 11 is 5.78. The molecule has 0 saturated heterocycles. The molecule has 0 radical (unpaired) electrons. The van der Waals surface area contributed by atoms with E-state index in [9.17, 15) is 9.90 Å². The van der Waals surface area contributed by atoms with Crippen LogP contribution in [0.15, 0.2) is 54.7 Å². The van der Waals surface area contributed by atoms with Gasteiger partial charge in [0.05, 0.1) is 6.20 Å². The van der Waals surface area contributed by atoms with Crippen LogP contribution in [0.3, 0.4) is 0 Å². The molecule has 1 N–H and O–H groups in total. The number of aromatic hydroxyl groups is 1. The zero-order valence-electron chi connectivity index (χ0n) is 12.8. The lowest BCUT2D eigenvalue weighted by Crippen LogP contribution is -2.01. The second-order valence-corrected chi connectivity index (χ2v) is 4.81. The number of aromatic nitrogens is 3. The van der Waals surface area contributed by atoms with Gasteiger partial charge in [0.2, 0.25) is 5.78 Å². The highest BCUT2D eigenvalue weighted by Gasteiger charge is 2.14. The number of phenols is 1. The zero-order valence-corrected chi connectivity index (χ0v) is 13.5. The first-order chi connectivity index (χ1) is 11.1. The molecule has 1 aromatic heterocycles. The van der Waals surface area contributed by atoms with Gasteiger partial charge >= 0.3 is 0 Å². The highest BCUT2D eigenvalue weighted by atomic mass is 35.5. The van der Waals surface area contributed by atoms with Crippen LogP contribution in [0.5, 0.6) is 5.75 Å². The number of ketones is 1. The molecule has 0 aliphatic carbocycles. The van der Waals surface area contributed by atoms with Crippen molar-refractivity contribution in [3.05, 3.63) is 71.0 Å².